The Hall–Kier alpha value is -4.67. The van der Waals surface area contributed by atoms with Crippen LogP contribution in [-0.4, -0.2) is 31.7 Å². The highest BCUT2D eigenvalue weighted by molar-refractivity contribution is 6.46. The third kappa shape index (κ3) is 4.63. The first kappa shape index (κ1) is 24.5. The lowest BCUT2D eigenvalue weighted by atomic mass is 9.95. The molecule has 0 aliphatic carbocycles. The molecule has 0 bridgehead atoms. The Morgan fingerprint density at radius 2 is 1.67 bits per heavy atom. The molecule has 36 heavy (non-hydrogen) atoms. The van der Waals surface area contributed by atoms with Crippen LogP contribution >= 0.6 is 0 Å². The van der Waals surface area contributed by atoms with E-state index in [0.29, 0.717) is 0 Å². The highest BCUT2D eigenvalue weighted by Gasteiger charge is 2.46. The number of phenols is 1. The summed E-state index contributed by atoms with van der Waals surface area (Å²) < 4.78 is 39.6. The second-order valence-corrected chi connectivity index (χ2v) is 8.02. The molecule has 1 fully saturated rings. The van der Waals surface area contributed by atoms with Gasteiger partial charge in [0.2, 0.25) is 0 Å². The minimum absolute atomic E-state index is 0.0887. The zero-order chi connectivity index (χ0) is 26.2. The van der Waals surface area contributed by atoms with Gasteiger partial charge in [0, 0.05) is 24.2 Å². The van der Waals surface area contributed by atoms with Gasteiger partial charge in [0.25, 0.3) is 17.4 Å². The SMILES string of the molecule is O=C1C(=O)N(Cc2cccc(C(F)(F)F)c2)C(c2ccc(O)cc2)/C1=C(/O)c1cccc([N+](=O)[O-])c1. The van der Waals surface area contributed by atoms with Gasteiger partial charge < -0.3 is 15.1 Å². The monoisotopic (exact) mass is 498 g/mol. The number of benzene rings is 3. The molecule has 1 amide bonds. The van der Waals surface area contributed by atoms with Gasteiger partial charge in [0.1, 0.15) is 11.5 Å². The van der Waals surface area contributed by atoms with Crippen molar-refractivity contribution in [3.8, 4) is 5.75 Å². The number of hydrogen-bond acceptors (Lipinski definition) is 6. The first-order valence-electron chi connectivity index (χ1n) is 10.5. The molecule has 1 atom stereocenters. The molecule has 0 radical (unpaired) electrons. The average molecular weight is 498 g/mol. The fourth-order valence-corrected chi connectivity index (χ4v) is 4.01. The van der Waals surface area contributed by atoms with E-state index in [1.807, 2.05) is 0 Å². The number of aromatic hydroxyl groups is 1. The van der Waals surface area contributed by atoms with Crippen molar-refractivity contribution in [2.24, 2.45) is 0 Å². The summed E-state index contributed by atoms with van der Waals surface area (Å²) in [4.78, 5) is 37.5. The summed E-state index contributed by atoms with van der Waals surface area (Å²) in [6.07, 6.45) is -4.62. The fraction of sp³-hybridized carbons (Fsp3) is 0.120. The zero-order valence-electron chi connectivity index (χ0n) is 18.3. The summed E-state index contributed by atoms with van der Waals surface area (Å²) >= 11 is 0. The van der Waals surface area contributed by atoms with Crippen molar-refractivity contribution in [2.75, 3.05) is 0 Å². The standard InChI is InChI=1S/C25H17F3N2O6/c26-25(27,28)17-5-1-3-14(11-17)13-29-21(15-7-9-19(31)10-8-15)20(23(33)24(29)34)22(32)16-4-2-6-18(12-16)30(35)36/h1-12,21,31-32H,13H2/b22-20-. The van der Waals surface area contributed by atoms with Crippen LogP contribution in [0.3, 0.4) is 0 Å². The van der Waals surface area contributed by atoms with Gasteiger partial charge >= 0.3 is 6.18 Å². The number of carbonyl (C=O) groups is 2. The molecule has 0 saturated carbocycles. The largest absolute Gasteiger partial charge is 0.508 e. The van der Waals surface area contributed by atoms with Gasteiger partial charge in [0.15, 0.2) is 0 Å². The molecule has 1 heterocycles. The van der Waals surface area contributed by atoms with Crippen LogP contribution in [0.2, 0.25) is 0 Å². The number of halogens is 3. The lowest BCUT2D eigenvalue weighted by molar-refractivity contribution is -0.384. The summed E-state index contributed by atoms with van der Waals surface area (Å²) in [5, 5.41) is 31.8. The minimum Gasteiger partial charge on any atom is -0.508 e. The molecule has 184 valence electrons. The Labute approximate surface area is 201 Å². The van der Waals surface area contributed by atoms with Crippen LogP contribution in [-0.2, 0) is 22.3 Å². The Balaban J connectivity index is 1.85. The topological polar surface area (TPSA) is 121 Å². The van der Waals surface area contributed by atoms with Crippen LogP contribution in [0.25, 0.3) is 5.76 Å². The number of carbonyl (C=O) groups excluding carboxylic acids is 2. The van der Waals surface area contributed by atoms with E-state index in [2.05, 4.69) is 0 Å². The van der Waals surface area contributed by atoms with Gasteiger partial charge in [-0.15, -0.1) is 0 Å². The number of rotatable bonds is 5. The molecule has 8 nitrogen and oxygen atoms in total. The maximum Gasteiger partial charge on any atom is 0.416 e. The molecule has 3 aromatic carbocycles. The third-order valence-electron chi connectivity index (χ3n) is 5.69. The van der Waals surface area contributed by atoms with Gasteiger partial charge in [-0.3, -0.25) is 19.7 Å². The second kappa shape index (κ2) is 9.17. The number of Topliss-reactive ketones (excluding diaryl/α,β-unsaturated/α-hetero) is 1. The molecule has 1 saturated heterocycles. The van der Waals surface area contributed by atoms with Crippen LogP contribution in [0.15, 0.2) is 78.4 Å². The Bertz CT molecular complexity index is 1400. The van der Waals surface area contributed by atoms with Crippen LogP contribution < -0.4 is 0 Å². The van der Waals surface area contributed by atoms with E-state index in [9.17, 15) is 43.1 Å². The number of nitro benzene ring substituents is 1. The van der Waals surface area contributed by atoms with Crippen LogP contribution in [0.1, 0.15) is 28.3 Å². The van der Waals surface area contributed by atoms with E-state index in [1.165, 1.54) is 54.6 Å². The summed E-state index contributed by atoms with van der Waals surface area (Å²) in [7, 11) is 0. The van der Waals surface area contributed by atoms with E-state index >= 15 is 0 Å². The highest BCUT2D eigenvalue weighted by atomic mass is 19.4. The van der Waals surface area contributed by atoms with Gasteiger partial charge in [-0.05, 0) is 35.4 Å². The predicted molar refractivity (Wildman–Crippen MR) is 120 cm³/mol. The molecule has 3 aromatic rings. The summed E-state index contributed by atoms with van der Waals surface area (Å²) in [6.45, 7) is -0.397. The Morgan fingerprint density at radius 1 is 1.00 bits per heavy atom. The van der Waals surface area contributed by atoms with Crippen molar-refractivity contribution in [1.29, 1.82) is 0 Å². The molecule has 1 unspecified atom stereocenters. The normalized spacial score (nSPS) is 17.4. The molecule has 2 N–H and O–H groups in total. The van der Waals surface area contributed by atoms with E-state index < -0.39 is 52.3 Å². The Morgan fingerprint density at radius 3 is 2.31 bits per heavy atom. The molecule has 0 aromatic heterocycles. The maximum atomic E-state index is 13.2. The van der Waals surface area contributed by atoms with E-state index in [4.69, 9.17) is 0 Å². The van der Waals surface area contributed by atoms with Crippen LogP contribution in [0, 0.1) is 10.1 Å². The number of hydrogen-bond donors (Lipinski definition) is 2. The number of phenolic OH excluding ortho intramolecular Hbond substituents is 1. The van der Waals surface area contributed by atoms with Crippen LogP contribution in [0.5, 0.6) is 5.75 Å². The van der Waals surface area contributed by atoms with Crippen molar-refractivity contribution in [3.63, 3.8) is 0 Å². The average Bonchev–Trinajstić information content (AvgIpc) is 3.08. The lowest BCUT2D eigenvalue weighted by Gasteiger charge is -2.25. The lowest BCUT2D eigenvalue weighted by Crippen LogP contribution is -2.29. The summed E-state index contributed by atoms with van der Waals surface area (Å²) in [5.41, 5.74) is -1.41. The van der Waals surface area contributed by atoms with Crippen molar-refractivity contribution in [1.82, 2.24) is 4.90 Å². The number of likely N-dealkylation sites (tertiary alicyclic amines) is 1. The quantitative estimate of drug-likeness (QED) is 0.169. The first-order valence-corrected chi connectivity index (χ1v) is 10.5. The van der Waals surface area contributed by atoms with Gasteiger partial charge in [-0.25, -0.2) is 0 Å². The Kier molecular flexibility index (Phi) is 6.23. The minimum atomic E-state index is -4.62. The molecule has 0 spiro atoms. The molecular formula is C25H17F3N2O6. The second-order valence-electron chi connectivity index (χ2n) is 8.02. The number of non-ortho nitro benzene ring substituents is 1. The van der Waals surface area contributed by atoms with Gasteiger partial charge in [0.05, 0.1) is 22.1 Å². The van der Waals surface area contributed by atoms with Gasteiger partial charge in [-0.2, -0.15) is 13.2 Å². The highest BCUT2D eigenvalue weighted by Crippen LogP contribution is 2.41. The van der Waals surface area contributed by atoms with E-state index in [0.717, 1.165) is 23.1 Å². The number of ketones is 1. The molecular weight excluding hydrogens is 481 g/mol. The first-order chi connectivity index (χ1) is 17.0. The molecule has 11 heteroatoms. The fourth-order valence-electron chi connectivity index (χ4n) is 4.01. The third-order valence-corrected chi connectivity index (χ3v) is 5.69. The number of aliphatic hydroxyl groups excluding tert-OH is 1. The predicted octanol–water partition coefficient (Wildman–Crippen LogP) is 4.94. The van der Waals surface area contributed by atoms with Crippen molar-refractivity contribution in [2.45, 2.75) is 18.8 Å². The van der Waals surface area contributed by atoms with E-state index in [-0.39, 0.29) is 28.1 Å². The molecule has 1 aliphatic rings. The summed E-state index contributed by atoms with van der Waals surface area (Å²) in [5.74, 6) is -2.98. The van der Waals surface area contributed by atoms with Gasteiger partial charge in [-0.1, -0.05) is 36.4 Å². The zero-order valence-corrected chi connectivity index (χ0v) is 18.3. The van der Waals surface area contributed by atoms with Crippen LogP contribution in [0.4, 0.5) is 18.9 Å². The number of nitrogens with zero attached hydrogens (tertiary/aromatic N) is 2. The number of alkyl halides is 3. The summed E-state index contributed by atoms with van der Waals surface area (Å²) in [6, 6.07) is 13.2. The van der Waals surface area contributed by atoms with Crippen molar-refractivity contribution < 1.29 is 37.9 Å². The molecule has 1 aliphatic heterocycles. The van der Waals surface area contributed by atoms with Crippen molar-refractivity contribution in [3.05, 3.63) is 111 Å². The molecule has 4 rings (SSSR count). The van der Waals surface area contributed by atoms with Crippen molar-refractivity contribution >= 4 is 23.1 Å². The maximum absolute atomic E-state index is 13.2. The smallest absolute Gasteiger partial charge is 0.416 e. The number of amides is 1. The van der Waals surface area contributed by atoms with E-state index in [1.54, 1.807) is 0 Å². The number of aliphatic hydroxyl groups is 1. The number of nitro groups is 1.